The third-order valence-electron chi connectivity index (χ3n) is 2.66. The van der Waals surface area contributed by atoms with Gasteiger partial charge in [0.25, 0.3) is 11.8 Å². The van der Waals surface area contributed by atoms with Crippen LogP contribution in [0, 0.1) is 0 Å². The molecule has 0 aliphatic heterocycles. The lowest BCUT2D eigenvalue weighted by Crippen LogP contribution is -2.29. The van der Waals surface area contributed by atoms with Crippen molar-refractivity contribution in [2.24, 2.45) is 0 Å². The highest BCUT2D eigenvalue weighted by molar-refractivity contribution is 5.98. The Bertz CT molecular complexity index is 465. The SMILES string of the molecule is COCCCNC(=O)c1cc(C(=O)NCCOC)ccn1. The standard InChI is InChI=1S/C14H21N3O4/c1-20-8-3-5-16-14(19)12-10-11(4-6-15-12)13(18)17-7-9-21-2/h4,6,10H,3,5,7-9H2,1-2H3,(H,16,19)(H,17,18). The molecule has 2 amide bonds. The van der Waals surface area contributed by atoms with Gasteiger partial charge < -0.3 is 20.1 Å². The molecule has 0 bridgehead atoms. The molecule has 7 heteroatoms. The number of ether oxygens (including phenoxy) is 2. The molecule has 1 rings (SSSR count). The molecule has 0 radical (unpaired) electrons. The molecule has 0 spiro atoms. The van der Waals surface area contributed by atoms with Crippen molar-refractivity contribution in [2.45, 2.75) is 6.42 Å². The van der Waals surface area contributed by atoms with Gasteiger partial charge in [-0.2, -0.15) is 0 Å². The topological polar surface area (TPSA) is 89.5 Å². The van der Waals surface area contributed by atoms with Crippen molar-refractivity contribution < 1.29 is 19.1 Å². The predicted molar refractivity (Wildman–Crippen MR) is 77.3 cm³/mol. The number of methoxy groups -OCH3 is 2. The molecule has 0 aromatic carbocycles. The van der Waals surface area contributed by atoms with Crippen molar-refractivity contribution in [1.29, 1.82) is 0 Å². The molecular weight excluding hydrogens is 274 g/mol. The predicted octanol–water partition coefficient (Wildman–Crippen LogP) is 0.224. The van der Waals surface area contributed by atoms with Crippen molar-refractivity contribution in [2.75, 3.05) is 40.5 Å². The molecule has 21 heavy (non-hydrogen) atoms. The fourth-order valence-electron chi connectivity index (χ4n) is 1.57. The van der Waals surface area contributed by atoms with E-state index in [0.29, 0.717) is 31.9 Å². The number of nitrogens with one attached hydrogen (secondary N) is 2. The van der Waals surface area contributed by atoms with E-state index in [0.717, 1.165) is 6.42 Å². The lowest BCUT2D eigenvalue weighted by molar-refractivity contribution is 0.0937. The molecule has 1 aromatic heterocycles. The van der Waals surface area contributed by atoms with Crippen LogP contribution in [0.15, 0.2) is 18.3 Å². The van der Waals surface area contributed by atoms with Crippen LogP contribution in [0.25, 0.3) is 0 Å². The summed E-state index contributed by atoms with van der Waals surface area (Å²) in [5.74, 6) is -0.569. The molecule has 0 aliphatic carbocycles. The second-order valence-electron chi connectivity index (χ2n) is 4.28. The second kappa shape index (κ2) is 9.84. The Hall–Kier alpha value is -1.99. The Labute approximate surface area is 124 Å². The Morgan fingerprint density at radius 2 is 1.81 bits per heavy atom. The van der Waals surface area contributed by atoms with E-state index in [2.05, 4.69) is 15.6 Å². The zero-order chi connectivity index (χ0) is 15.5. The number of amides is 2. The lowest BCUT2D eigenvalue weighted by atomic mass is 10.2. The number of pyridine rings is 1. The minimum atomic E-state index is -0.308. The summed E-state index contributed by atoms with van der Waals surface area (Å²) in [5, 5.41) is 5.41. The van der Waals surface area contributed by atoms with Crippen molar-refractivity contribution in [1.82, 2.24) is 15.6 Å². The molecule has 7 nitrogen and oxygen atoms in total. The molecule has 1 heterocycles. The molecule has 0 saturated heterocycles. The van der Waals surface area contributed by atoms with Gasteiger partial charge in [0.1, 0.15) is 5.69 Å². The first kappa shape index (κ1) is 17.1. The highest BCUT2D eigenvalue weighted by atomic mass is 16.5. The normalized spacial score (nSPS) is 10.2. The quantitative estimate of drug-likeness (QED) is 0.636. The van der Waals surface area contributed by atoms with Crippen molar-refractivity contribution >= 4 is 11.8 Å². The maximum Gasteiger partial charge on any atom is 0.269 e. The second-order valence-corrected chi connectivity index (χ2v) is 4.28. The number of carbonyl (C=O) groups is 2. The van der Waals surface area contributed by atoms with Gasteiger partial charge in [-0.05, 0) is 18.6 Å². The van der Waals surface area contributed by atoms with Gasteiger partial charge in [-0.15, -0.1) is 0 Å². The number of hydrogen-bond acceptors (Lipinski definition) is 5. The first-order valence-electron chi connectivity index (χ1n) is 6.69. The van der Waals surface area contributed by atoms with Crippen LogP contribution in [0.2, 0.25) is 0 Å². The summed E-state index contributed by atoms with van der Waals surface area (Å²) in [5.41, 5.74) is 0.606. The Kier molecular flexibility index (Phi) is 8.00. The van der Waals surface area contributed by atoms with Gasteiger partial charge in [0, 0.05) is 45.7 Å². The van der Waals surface area contributed by atoms with Gasteiger partial charge in [-0.1, -0.05) is 0 Å². The Balaban J connectivity index is 2.54. The molecular formula is C14H21N3O4. The lowest BCUT2D eigenvalue weighted by Gasteiger charge is -2.07. The van der Waals surface area contributed by atoms with Crippen LogP contribution in [0.5, 0.6) is 0 Å². The van der Waals surface area contributed by atoms with Crippen LogP contribution in [-0.2, 0) is 9.47 Å². The zero-order valence-corrected chi connectivity index (χ0v) is 12.3. The average molecular weight is 295 g/mol. The average Bonchev–Trinajstić information content (AvgIpc) is 2.51. The smallest absolute Gasteiger partial charge is 0.269 e. The van der Waals surface area contributed by atoms with Gasteiger partial charge in [-0.25, -0.2) is 0 Å². The third-order valence-corrected chi connectivity index (χ3v) is 2.66. The minimum Gasteiger partial charge on any atom is -0.385 e. The number of hydrogen-bond donors (Lipinski definition) is 2. The summed E-state index contributed by atoms with van der Waals surface area (Å²) in [7, 11) is 3.17. The summed E-state index contributed by atoms with van der Waals surface area (Å²) < 4.78 is 9.75. The number of nitrogens with zero attached hydrogens (tertiary/aromatic N) is 1. The third kappa shape index (κ3) is 6.33. The first-order chi connectivity index (χ1) is 10.2. The highest BCUT2D eigenvalue weighted by Gasteiger charge is 2.11. The molecule has 116 valence electrons. The molecule has 0 fully saturated rings. The van der Waals surface area contributed by atoms with E-state index < -0.39 is 0 Å². The van der Waals surface area contributed by atoms with Crippen molar-refractivity contribution in [3.8, 4) is 0 Å². The van der Waals surface area contributed by atoms with E-state index >= 15 is 0 Å². The largest absolute Gasteiger partial charge is 0.385 e. The summed E-state index contributed by atoms with van der Waals surface area (Å²) >= 11 is 0. The number of rotatable bonds is 9. The summed E-state index contributed by atoms with van der Waals surface area (Å²) in [6.07, 6.45) is 2.16. The molecule has 0 unspecified atom stereocenters. The van der Waals surface area contributed by atoms with Crippen LogP contribution >= 0.6 is 0 Å². The maximum atomic E-state index is 11.9. The maximum absolute atomic E-state index is 11.9. The fraction of sp³-hybridized carbons (Fsp3) is 0.500. The van der Waals surface area contributed by atoms with Crippen LogP contribution in [-0.4, -0.2) is 57.3 Å². The fourth-order valence-corrected chi connectivity index (χ4v) is 1.57. The van der Waals surface area contributed by atoms with E-state index in [4.69, 9.17) is 9.47 Å². The van der Waals surface area contributed by atoms with Crippen molar-refractivity contribution in [3.05, 3.63) is 29.6 Å². The number of aromatic nitrogens is 1. The summed E-state index contributed by atoms with van der Waals surface area (Å²) in [6.45, 7) is 1.92. The van der Waals surface area contributed by atoms with Crippen LogP contribution < -0.4 is 10.6 Å². The Morgan fingerprint density at radius 1 is 1.10 bits per heavy atom. The highest BCUT2D eigenvalue weighted by Crippen LogP contribution is 2.02. The van der Waals surface area contributed by atoms with E-state index in [1.165, 1.54) is 12.3 Å². The van der Waals surface area contributed by atoms with E-state index in [1.54, 1.807) is 20.3 Å². The molecule has 0 saturated carbocycles. The van der Waals surface area contributed by atoms with Crippen LogP contribution in [0.4, 0.5) is 0 Å². The monoisotopic (exact) mass is 295 g/mol. The van der Waals surface area contributed by atoms with Crippen LogP contribution in [0.1, 0.15) is 27.3 Å². The van der Waals surface area contributed by atoms with E-state index in [1.807, 2.05) is 0 Å². The number of carbonyl (C=O) groups excluding carboxylic acids is 2. The molecule has 1 aromatic rings. The minimum absolute atomic E-state index is 0.215. The van der Waals surface area contributed by atoms with Gasteiger partial charge in [0.2, 0.25) is 0 Å². The zero-order valence-electron chi connectivity index (χ0n) is 12.3. The molecule has 2 N–H and O–H groups in total. The van der Waals surface area contributed by atoms with Gasteiger partial charge >= 0.3 is 0 Å². The molecule has 0 atom stereocenters. The van der Waals surface area contributed by atoms with Gasteiger partial charge in [0.15, 0.2) is 0 Å². The van der Waals surface area contributed by atoms with E-state index in [9.17, 15) is 9.59 Å². The van der Waals surface area contributed by atoms with Crippen molar-refractivity contribution in [3.63, 3.8) is 0 Å². The van der Waals surface area contributed by atoms with Gasteiger partial charge in [0.05, 0.1) is 6.61 Å². The molecule has 0 aliphatic rings. The van der Waals surface area contributed by atoms with Crippen LogP contribution in [0.3, 0.4) is 0 Å². The first-order valence-corrected chi connectivity index (χ1v) is 6.69. The Morgan fingerprint density at radius 3 is 2.52 bits per heavy atom. The summed E-state index contributed by atoms with van der Waals surface area (Å²) in [6, 6.07) is 3.03. The van der Waals surface area contributed by atoms with E-state index in [-0.39, 0.29) is 17.5 Å². The van der Waals surface area contributed by atoms with Gasteiger partial charge in [-0.3, -0.25) is 14.6 Å². The summed E-state index contributed by atoms with van der Waals surface area (Å²) in [4.78, 5) is 27.7.